The minimum absolute atomic E-state index is 0.0246. The quantitative estimate of drug-likeness (QED) is 0.398. The molecular weight excluding hydrogens is 328 g/mol. The van der Waals surface area contributed by atoms with Crippen molar-refractivity contribution in [3.63, 3.8) is 0 Å². The summed E-state index contributed by atoms with van der Waals surface area (Å²) in [5.74, 6) is -0.998. The maximum absolute atomic E-state index is 12.7. The maximum atomic E-state index is 12.7. The van der Waals surface area contributed by atoms with Gasteiger partial charge in [-0.3, -0.25) is 5.43 Å². The second kappa shape index (κ2) is 7.74. The monoisotopic (exact) mass is 346 g/mol. The lowest BCUT2D eigenvalue weighted by atomic mass is 10.2. The van der Waals surface area contributed by atoms with Crippen LogP contribution < -0.4 is 5.43 Å². The summed E-state index contributed by atoms with van der Waals surface area (Å²) in [4.78, 5) is 12.1. The normalized spacial score (nSPS) is 11.8. The zero-order valence-electron chi connectivity index (χ0n) is 13.4. The van der Waals surface area contributed by atoms with Crippen LogP contribution >= 0.6 is 0 Å². The van der Waals surface area contributed by atoms with Gasteiger partial charge in [0.2, 0.25) is 9.84 Å². The van der Waals surface area contributed by atoms with Crippen LogP contribution in [0.5, 0.6) is 0 Å². The Hall–Kier alpha value is -2.67. The van der Waals surface area contributed by atoms with E-state index in [0.717, 1.165) is 5.56 Å². The molecule has 0 spiro atoms. The summed E-state index contributed by atoms with van der Waals surface area (Å²) in [6.07, 6.45) is 0. The molecular formula is C17H18N2O4S. The van der Waals surface area contributed by atoms with Gasteiger partial charge in [-0.05, 0) is 37.6 Å². The molecule has 0 aliphatic carbocycles. The molecule has 0 atom stereocenters. The van der Waals surface area contributed by atoms with Gasteiger partial charge < -0.3 is 4.74 Å². The smallest absolute Gasteiger partial charge is 0.371 e. The van der Waals surface area contributed by atoms with E-state index >= 15 is 0 Å². The Balaban J connectivity index is 2.44. The third-order valence-electron chi connectivity index (χ3n) is 3.18. The molecule has 0 unspecified atom stereocenters. The lowest BCUT2D eigenvalue weighted by molar-refractivity contribution is -0.134. The SMILES string of the molecule is CCOC(=O)/C(=N/Nc1ccccc1C)S(=O)(=O)c1ccccc1. The number of esters is 1. The van der Waals surface area contributed by atoms with E-state index in [4.69, 9.17) is 4.74 Å². The van der Waals surface area contributed by atoms with Gasteiger partial charge in [0, 0.05) is 0 Å². The molecule has 0 aromatic heterocycles. The second-order valence-corrected chi connectivity index (χ2v) is 6.75. The fourth-order valence-electron chi connectivity index (χ4n) is 1.93. The Morgan fingerprint density at radius 2 is 1.71 bits per heavy atom. The van der Waals surface area contributed by atoms with E-state index in [0.29, 0.717) is 5.69 Å². The van der Waals surface area contributed by atoms with Crippen LogP contribution in [0.15, 0.2) is 64.6 Å². The van der Waals surface area contributed by atoms with Gasteiger partial charge in [-0.15, -0.1) is 0 Å². The summed E-state index contributed by atoms with van der Waals surface area (Å²) >= 11 is 0. The summed E-state index contributed by atoms with van der Waals surface area (Å²) in [6, 6.07) is 14.8. The molecule has 0 heterocycles. The number of sulfone groups is 1. The van der Waals surface area contributed by atoms with Gasteiger partial charge in [0.1, 0.15) is 0 Å². The lowest BCUT2D eigenvalue weighted by Crippen LogP contribution is -2.28. The fraction of sp³-hybridized carbons (Fsp3) is 0.176. The van der Waals surface area contributed by atoms with Gasteiger partial charge in [-0.25, -0.2) is 13.2 Å². The summed E-state index contributed by atoms with van der Waals surface area (Å²) < 4.78 is 30.2. The number of hydrogen-bond acceptors (Lipinski definition) is 6. The molecule has 2 rings (SSSR count). The first-order valence-electron chi connectivity index (χ1n) is 7.33. The maximum Gasteiger partial charge on any atom is 0.371 e. The van der Waals surface area contributed by atoms with Crippen LogP contribution in [0.4, 0.5) is 5.69 Å². The summed E-state index contributed by atoms with van der Waals surface area (Å²) in [5.41, 5.74) is 4.10. The molecule has 0 saturated carbocycles. The highest BCUT2D eigenvalue weighted by molar-refractivity contribution is 8.08. The molecule has 0 fully saturated rings. The van der Waals surface area contributed by atoms with E-state index < -0.39 is 20.9 Å². The van der Waals surface area contributed by atoms with Crippen molar-refractivity contribution < 1.29 is 17.9 Å². The zero-order valence-corrected chi connectivity index (χ0v) is 14.2. The van der Waals surface area contributed by atoms with E-state index in [9.17, 15) is 13.2 Å². The molecule has 0 aliphatic heterocycles. The molecule has 0 bridgehead atoms. The highest BCUT2D eigenvalue weighted by atomic mass is 32.2. The van der Waals surface area contributed by atoms with Crippen molar-refractivity contribution in [2.45, 2.75) is 18.7 Å². The molecule has 6 nitrogen and oxygen atoms in total. The highest BCUT2D eigenvalue weighted by Crippen LogP contribution is 2.16. The molecule has 0 aliphatic rings. The van der Waals surface area contributed by atoms with Crippen LogP contribution in [-0.2, 0) is 19.4 Å². The minimum Gasteiger partial charge on any atom is -0.461 e. The topological polar surface area (TPSA) is 84.8 Å². The standard InChI is InChI=1S/C17H18N2O4S/c1-3-23-17(20)16(19-18-15-12-8-7-9-13(15)2)24(21,22)14-10-5-4-6-11-14/h4-12,18H,3H2,1-2H3/b19-16-. The minimum atomic E-state index is -4.09. The highest BCUT2D eigenvalue weighted by Gasteiger charge is 2.30. The predicted octanol–water partition coefficient (Wildman–Crippen LogP) is 2.76. The molecule has 0 saturated heterocycles. The number of nitrogens with one attached hydrogen (secondary N) is 1. The van der Waals surface area contributed by atoms with Crippen molar-refractivity contribution in [1.29, 1.82) is 0 Å². The molecule has 7 heteroatoms. The van der Waals surface area contributed by atoms with Gasteiger partial charge in [-0.2, -0.15) is 5.10 Å². The first-order chi connectivity index (χ1) is 11.5. The molecule has 1 N–H and O–H groups in total. The van der Waals surface area contributed by atoms with Crippen LogP contribution in [0.25, 0.3) is 0 Å². The first kappa shape index (κ1) is 17.7. The van der Waals surface area contributed by atoms with Crippen molar-refractivity contribution in [2.24, 2.45) is 5.10 Å². The summed E-state index contributed by atoms with van der Waals surface area (Å²) in [6.45, 7) is 3.49. The van der Waals surface area contributed by atoms with Gasteiger partial charge in [0.25, 0.3) is 5.04 Å². The number of carbonyl (C=O) groups excluding carboxylic acids is 1. The average molecular weight is 346 g/mol. The third-order valence-corrected chi connectivity index (χ3v) is 4.84. The van der Waals surface area contributed by atoms with E-state index in [2.05, 4.69) is 10.5 Å². The van der Waals surface area contributed by atoms with Crippen molar-refractivity contribution in [3.8, 4) is 0 Å². The number of benzene rings is 2. The molecule has 126 valence electrons. The Labute approximate surface area is 141 Å². The van der Waals surface area contributed by atoms with Gasteiger partial charge in [0.05, 0.1) is 17.2 Å². The molecule has 0 radical (unpaired) electrons. The predicted molar refractivity (Wildman–Crippen MR) is 92.5 cm³/mol. The van der Waals surface area contributed by atoms with E-state index in [1.165, 1.54) is 12.1 Å². The van der Waals surface area contributed by atoms with E-state index in [1.807, 2.05) is 19.1 Å². The number of ether oxygens (including phenoxy) is 1. The Kier molecular flexibility index (Phi) is 5.70. The number of anilines is 1. The summed E-state index contributed by atoms with van der Waals surface area (Å²) in [7, 11) is -4.09. The van der Waals surface area contributed by atoms with Crippen LogP contribution in [0, 0.1) is 6.92 Å². The molecule has 0 amide bonds. The first-order valence-corrected chi connectivity index (χ1v) is 8.81. The Bertz CT molecular complexity index is 846. The molecule has 2 aromatic carbocycles. The van der Waals surface area contributed by atoms with Gasteiger partial charge in [0.15, 0.2) is 0 Å². The van der Waals surface area contributed by atoms with Gasteiger partial charge in [-0.1, -0.05) is 36.4 Å². The number of carbonyl (C=O) groups is 1. The second-order valence-electron chi connectivity index (χ2n) is 4.88. The van der Waals surface area contributed by atoms with Crippen LogP contribution in [0.3, 0.4) is 0 Å². The summed E-state index contributed by atoms with van der Waals surface area (Å²) in [5, 5.41) is 3.14. The number of aryl methyl sites for hydroxylation is 1. The van der Waals surface area contributed by atoms with E-state index in [-0.39, 0.29) is 11.5 Å². The largest absolute Gasteiger partial charge is 0.461 e. The third kappa shape index (κ3) is 3.99. The Morgan fingerprint density at radius 1 is 1.08 bits per heavy atom. The van der Waals surface area contributed by atoms with Crippen LogP contribution in [0.2, 0.25) is 0 Å². The van der Waals surface area contributed by atoms with Crippen molar-refractivity contribution >= 4 is 26.5 Å². The average Bonchev–Trinajstić information content (AvgIpc) is 2.57. The molecule has 2 aromatic rings. The number of hydrogen-bond donors (Lipinski definition) is 1. The van der Waals surface area contributed by atoms with E-state index in [1.54, 1.807) is 37.3 Å². The number of nitrogens with zero attached hydrogens (tertiary/aromatic N) is 1. The number of hydrazone groups is 1. The zero-order chi connectivity index (χ0) is 17.6. The van der Waals surface area contributed by atoms with Crippen LogP contribution in [0.1, 0.15) is 12.5 Å². The van der Waals surface area contributed by atoms with Gasteiger partial charge >= 0.3 is 5.97 Å². The lowest BCUT2D eigenvalue weighted by Gasteiger charge is -2.09. The van der Waals surface area contributed by atoms with Crippen molar-refractivity contribution in [2.75, 3.05) is 12.0 Å². The molecule has 24 heavy (non-hydrogen) atoms. The van der Waals surface area contributed by atoms with Crippen molar-refractivity contribution in [1.82, 2.24) is 0 Å². The number of para-hydroxylation sites is 1. The van der Waals surface area contributed by atoms with Crippen LogP contribution in [-0.4, -0.2) is 26.0 Å². The number of rotatable bonds is 4. The fourth-order valence-corrected chi connectivity index (χ4v) is 3.11. The Morgan fingerprint density at radius 3 is 2.33 bits per heavy atom. The van der Waals surface area contributed by atoms with Crippen molar-refractivity contribution in [3.05, 3.63) is 60.2 Å².